The molecular weight excluding hydrogens is 422 g/mol. The average Bonchev–Trinajstić information content (AvgIpc) is 3.27. The van der Waals surface area contributed by atoms with Crippen LogP contribution in [-0.2, 0) is 6.42 Å². The van der Waals surface area contributed by atoms with Gasteiger partial charge in [-0.25, -0.2) is 13.8 Å². The molecule has 2 heterocycles. The van der Waals surface area contributed by atoms with Crippen LogP contribution < -0.4 is 14.2 Å². The second-order valence-corrected chi connectivity index (χ2v) is 7.79. The zero-order chi connectivity index (χ0) is 21.8. The minimum Gasteiger partial charge on any atom is -0.497 e. The summed E-state index contributed by atoms with van der Waals surface area (Å²) in [7, 11) is 1.60. The predicted molar refractivity (Wildman–Crippen MR) is 113 cm³/mol. The van der Waals surface area contributed by atoms with Gasteiger partial charge in [-0.3, -0.25) is 0 Å². The quantitative estimate of drug-likeness (QED) is 0.444. The highest BCUT2D eigenvalue weighted by Gasteiger charge is 2.22. The zero-order valence-corrected chi connectivity index (χ0v) is 17.4. The van der Waals surface area contributed by atoms with Crippen LogP contribution in [0.4, 0.5) is 8.78 Å². The number of aryl methyl sites for hydroxylation is 1. The van der Waals surface area contributed by atoms with Crippen molar-refractivity contribution in [3.05, 3.63) is 65.2 Å². The molecule has 0 amide bonds. The molecule has 3 aromatic rings. The van der Waals surface area contributed by atoms with E-state index in [1.165, 1.54) is 17.8 Å². The van der Waals surface area contributed by atoms with E-state index in [-0.39, 0.29) is 17.9 Å². The number of hydrogen-bond donors (Lipinski definition) is 0. The van der Waals surface area contributed by atoms with Crippen LogP contribution in [0, 0.1) is 11.3 Å². The lowest BCUT2D eigenvalue weighted by Gasteiger charge is -2.12. The van der Waals surface area contributed by atoms with E-state index in [4.69, 9.17) is 14.2 Å². The van der Waals surface area contributed by atoms with Gasteiger partial charge in [0.1, 0.15) is 16.8 Å². The molecule has 5 nitrogen and oxygen atoms in total. The molecule has 0 atom stereocenters. The van der Waals surface area contributed by atoms with Gasteiger partial charge in [-0.05, 0) is 48.4 Å². The Kier molecular flexibility index (Phi) is 6.23. The van der Waals surface area contributed by atoms with Crippen LogP contribution in [0.3, 0.4) is 0 Å². The third-order valence-corrected chi connectivity index (χ3v) is 5.80. The molecule has 0 aliphatic carbocycles. The Balaban J connectivity index is 1.61. The normalized spacial score (nSPS) is 12.1. The molecule has 0 fully saturated rings. The number of pyridine rings is 1. The number of halogens is 2. The lowest BCUT2D eigenvalue weighted by atomic mass is 10.1. The predicted octanol–water partition coefficient (Wildman–Crippen LogP) is 5.63. The van der Waals surface area contributed by atoms with Gasteiger partial charge in [-0.15, -0.1) is 11.8 Å². The molecule has 1 aliphatic heterocycles. The first kappa shape index (κ1) is 20.9. The number of nitriles is 1. The van der Waals surface area contributed by atoms with Crippen LogP contribution >= 0.6 is 11.8 Å². The Hall–Kier alpha value is -3.31. The molecule has 2 aromatic carbocycles. The Labute approximate surface area is 182 Å². The standard InChI is InChI=1S/C23H18F2N2O3S/c1-28-16-5-2-14(3-6-16)8-9-31-23-18(12-26)17(22(24)25)11-19(27-23)15-4-7-20-21(10-15)30-13-29-20/h2-7,10-11,22H,8-9,13H2,1H3. The number of fused-ring (bicyclic) bond motifs is 1. The van der Waals surface area contributed by atoms with Crippen molar-refractivity contribution >= 4 is 11.8 Å². The van der Waals surface area contributed by atoms with Gasteiger partial charge < -0.3 is 14.2 Å². The highest BCUT2D eigenvalue weighted by Crippen LogP contribution is 2.38. The first-order valence-corrected chi connectivity index (χ1v) is 10.5. The van der Waals surface area contributed by atoms with Crippen molar-refractivity contribution in [1.82, 2.24) is 4.98 Å². The van der Waals surface area contributed by atoms with E-state index in [0.717, 1.165) is 11.3 Å². The average molecular weight is 440 g/mol. The highest BCUT2D eigenvalue weighted by molar-refractivity contribution is 7.99. The molecule has 4 rings (SSSR count). The number of aromatic nitrogens is 1. The maximum atomic E-state index is 13.7. The number of alkyl halides is 2. The summed E-state index contributed by atoms with van der Waals surface area (Å²) in [6, 6.07) is 16.0. The molecule has 0 radical (unpaired) electrons. The number of nitrogens with zero attached hydrogens (tertiary/aromatic N) is 2. The molecule has 31 heavy (non-hydrogen) atoms. The monoisotopic (exact) mass is 440 g/mol. The van der Waals surface area contributed by atoms with Gasteiger partial charge in [0.05, 0.1) is 18.4 Å². The summed E-state index contributed by atoms with van der Waals surface area (Å²) in [5.74, 6) is 2.49. The molecule has 0 N–H and O–H groups in total. The van der Waals surface area contributed by atoms with E-state index in [0.29, 0.717) is 40.0 Å². The Morgan fingerprint density at radius 1 is 1.13 bits per heavy atom. The second-order valence-electron chi connectivity index (χ2n) is 6.70. The lowest BCUT2D eigenvalue weighted by Crippen LogP contribution is -2.00. The number of ether oxygens (including phenoxy) is 3. The molecule has 0 saturated carbocycles. The number of thioether (sulfide) groups is 1. The van der Waals surface area contributed by atoms with Crippen molar-refractivity contribution < 1.29 is 23.0 Å². The summed E-state index contributed by atoms with van der Waals surface area (Å²) < 4.78 is 43.3. The summed E-state index contributed by atoms with van der Waals surface area (Å²) in [5, 5.41) is 9.82. The van der Waals surface area contributed by atoms with Gasteiger partial charge in [0, 0.05) is 16.9 Å². The topological polar surface area (TPSA) is 64.4 Å². The Morgan fingerprint density at radius 2 is 1.90 bits per heavy atom. The van der Waals surface area contributed by atoms with Gasteiger partial charge in [-0.1, -0.05) is 12.1 Å². The summed E-state index contributed by atoms with van der Waals surface area (Å²) in [6.45, 7) is 0.119. The zero-order valence-electron chi connectivity index (χ0n) is 16.6. The van der Waals surface area contributed by atoms with Crippen LogP contribution in [0.25, 0.3) is 11.3 Å². The molecule has 0 bridgehead atoms. The molecular formula is C23H18F2N2O3S. The summed E-state index contributed by atoms with van der Waals surface area (Å²) in [5.41, 5.74) is 1.65. The first-order valence-electron chi connectivity index (χ1n) is 9.48. The third-order valence-electron chi connectivity index (χ3n) is 4.82. The fourth-order valence-electron chi connectivity index (χ4n) is 3.19. The van der Waals surface area contributed by atoms with E-state index in [1.807, 2.05) is 30.3 Å². The minimum absolute atomic E-state index is 0.0841. The van der Waals surface area contributed by atoms with Crippen molar-refractivity contribution in [1.29, 1.82) is 5.26 Å². The van der Waals surface area contributed by atoms with Gasteiger partial charge in [0.2, 0.25) is 6.79 Å². The molecule has 8 heteroatoms. The highest BCUT2D eigenvalue weighted by atomic mass is 32.2. The van der Waals surface area contributed by atoms with Crippen LogP contribution in [0.2, 0.25) is 0 Å². The molecule has 1 aromatic heterocycles. The first-order chi connectivity index (χ1) is 15.1. The van der Waals surface area contributed by atoms with E-state index < -0.39 is 6.43 Å². The molecule has 0 unspecified atom stereocenters. The summed E-state index contributed by atoms with van der Waals surface area (Å²) >= 11 is 1.29. The molecule has 158 valence electrons. The maximum Gasteiger partial charge on any atom is 0.265 e. The Bertz CT molecular complexity index is 1130. The van der Waals surface area contributed by atoms with Crippen molar-refractivity contribution in [2.24, 2.45) is 0 Å². The van der Waals surface area contributed by atoms with Gasteiger partial charge >= 0.3 is 0 Å². The minimum atomic E-state index is -2.79. The maximum absolute atomic E-state index is 13.7. The van der Waals surface area contributed by atoms with Crippen LogP contribution in [0.15, 0.2) is 53.6 Å². The van der Waals surface area contributed by atoms with Gasteiger partial charge in [-0.2, -0.15) is 5.26 Å². The van der Waals surface area contributed by atoms with Gasteiger partial charge in [0.25, 0.3) is 6.43 Å². The van der Waals surface area contributed by atoms with Gasteiger partial charge in [0.15, 0.2) is 11.5 Å². The van der Waals surface area contributed by atoms with Crippen molar-refractivity contribution in [3.8, 4) is 34.6 Å². The fourth-order valence-corrected chi connectivity index (χ4v) is 4.19. The third kappa shape index (κ3) is 4.57. The Morgan fingerprint density at radius 3 is 2.61 bits per heavy atom. The van der Waals surface area contributed by atoms with Crippen LogP contribution in [-0.4, -0.2) is 24.6 Å². The molecule has 0 saturated heterocycles. The van der Waals surface area contributed by atoms with Crippen LogP contribution in [0.5, 0.6) is 17.2 Å². The fraction of sp³-hybridized carbons (Fsp3) is 0.217. The number of benzene rings is 2. The molecule has 1 aliphatic rings. The summed E-state index contributed by atoms with van der Waals surface area (Å²) in [4.78, 5) is 4.53. The second kappa shape index (κ2) is 9.23. The lowest BCUT2D eigenvalue weighted by molar-refractivity contribution is 0.150. The van der Waals surface area contributed by atoms with E-state index in [9.17, 15) is 14.0 Å². The number of methoxy groups -OCH3 is 1. The SMILES string of the molecule is COc1ccc(CCSc2nc(-c3ccc4c(c3)OCO4)cc(C(F)F)c2C#N)cc1. The summed E-state index contributed by atoms with van der Waals surface area (Å²) in [6.07, 6.45) is -2.09. The van der Waals surface area contributed by atoms with Crippen LogP contribution in [0.1, 0.15) is 23.1 Å². The van der Waals surface area contributed by atoms with E-state index in [2.05, 4.69) is 4.98 Å². The number of hydrogen-bond acceptors (Lipinski definition) is 6. The van der Waals surface area contributed by atoms with E-state index in [1.54, 1.807) is 25.3 Å². The van der Waals surface area contributed by atoms with Crippen molar-refractivity contribution in [3.63, 3.8) is 0 Å². The van der Waals surface area contributed by atoms with E-state index >= 15 is 0 Å². The number of rotatable bonds is 7. The largest absolute Gasteiger partial charge is 0.497 e. The van der Waals surface area contributed by atoms with Crippen molar-refractivity contribution in [2.75, 3.05) is 19.7 Å². The molecule has 0 spiro atoms. The smallest absolute Gasteiger partial charge is 0.265 e. The van der Waals surface area contributed by atoms with Crippen molar-refractivity contribution in [2.45, 2.75) is 17.9 Å².